The van der Waals surface area contributed by atoms with Crippen LogP contribution in [0.5, 0.6) is 0 Å². The number of carbonyl (C=O) groups excluding carboxylic acids is 1. The van der Waals surface area contributed by atoms with E-state index in [0.29, 0.717) is 0 Å². The third-order valence-electron chi connectivity index (χ3n) is 0.907. The van der Waals surface area contributed by atoms with Crippen LogP contribution >= 0.6 is 6.10 Å². The number of nitrogens with zero attached hydrogens (tertiary/aromatic N) is 1. The first-order chi connectivity index (χ1) is 5.43. The second-order valence-electron chi connectivity index (χ2n) is 2.21. The number of hydrogen-bond donors (Lipinski definition) is 0. The Kier molecular flexibility index (Phi) is 4.80. The fourth-order valence-electron chi connectivity index (χ4n) is 0.290. The molecule has 0 aromatic carbocycles. The predicted molar refractivity (Wildman–Crippen MR) is 46.8 cm³/mol. The van der Waals surface area contributed by atoms with E-state index in [9.17, 15) is 4.79 Å². The van der Waals surface area contributed by atoms with Crippen molar-refractivity contribution in [2.75, 3.05) is 9.86 Å². The molecular formula is C6H9BINO2P-. The molecule has 2 radical (unpaired) electrons. The van der Waals surface area contributed by atoms with Gasteiger partial charge in [-0.05, 0) is 0 Å². The molecule has 0 aromatic rings. The molecule has 0 bridgehead atoms. The molecule has 0 N–H and O–H groups in total. The third kappa shape index (κ3) is 4.08. The molecule has 0 aliphatic heterocycles. The number of halogens is 1. The molecule has 0 aromatic heterocycles. The van der Waals surface area contributed by atoms with Crippen molar-refractivity contribution in [1.82, 2.24) is 0 Å². The number of nitriles is 1. The van der Waals surface area contributed by atoms with Gasteiger partial charge in [0.05, 0.1) is 0 Å². The van der Waals surface area contributed by atoms with E-state index in [1.54, 1.807) is 6.07 Å². The molecule has 0 heterocycles. The second kappa shape index (κ2) is 4.83. The SMILES string of the molecule is [B]P[I-](C)(C)OC(=O)C(=C)C#N. The van der Waals surface area contributed by atoms with Crippen molar-refractivity contribution < 1.29 is 26.2 Å². The molecule has 0 saturated heterocycles. The van der Waals surface area contributed by atoms with Crippen molar-refractivity contribution in [1.29, 1.82) is 5.26 Å². The zero-order valence-electron chi connectivity index (χ0n) is 6.93. The Balaban J connectivity index is 4.21. The van der Waals surface area contributed by atoms with Gasteiger partial charge in [-0.1, -0.05) is 0 Å². The van der Waals surface area contributed by atoms with Gasteiger partial charge in [-0.15, -0.1) is 0 Å². The minimum absolute atomic E-state index is 0.158. The fraction of sp³-hybridized carbons (Fsp3) is 0.333. The van der Waals surface area contributed by atoms with E-state index in [4.69, 9.17) is 15.9 Å². The van der Waals surface area contributed by atoms with E-state index < -0.39 is 24.3 Å². The average Bonchev–Trinajstić information content (AvgIpc) is 2.02. The van der Waals surface area contributed by atoms with Gasteiger partial charge in [0.1, 0.15) is 0 Å². The van der Waals surface area contributed by atoms with Crippen molar-refractivity contribution >= 4 is 19.6 Å². The minimum atomic E-state index is -2.48. The van der Waals surface area contributed by atoms with Gasteiger partial charge in [0.15, 0.2) is 0 Å². The normalized spacial score (nSPS) is 12.4. The summed E-state index contributed by atoms with van der Waals surface area (Å²) in [5.41, 5.74) is -0.162. The molecule has 3 nitrogen and oxygen atoms in total. The van der Waals surface area contributed by atoms with E-state index >= 15 is 0 Å². The van der Waals surface area contributed by atoms with Crippen LogP contribution in [0.2, 0.25) is 0 Å². The van der Waals surface area contributed by atoms with Crippen LogP contribution in [0.15, 0.2) is 12.2 Å². The zero-order valence-corrected chi connectivity index (χ0v) is 10.1. The molecule has 0 aliphatic rings. The molecule has 66 valence electrons. The number of carbonyl (C=O) groups is 1. The quantitative estimate of drug-likeness (QED) is 0.146. The van der Waals surface area contributed by atoms with Gasteiger partial charge in [0, 0.05) is 0 Å². The summed E-state index contributed by atoms with van der Waals surface area (Å²) in [5, 5.41) is 8.32. The van der Waals surface area contributed by atoms with Crippen molar-refractivity contribution in [2.45, 2.75) is 0 Å². The maximum absolute atomic E-state index is 11.0. The van der Waals surface area contributed by atoms with Crippen LogP contribution in [-0.2, 0) is 7.86 Å². The predicted octanol–water partition coefficient (Wildman–Crippen LogP) is -2.38. The molecule has 1 unspecified atom stereocenters. The summed E-state index contributed by atoms with van der Waals surface area (Å²) < 4.78 is 5.05. The Labute approximate surface area is 79.1 Å². The van der Waals surface area contributed by atoms with Crippen LogP contribution in [0, 0.1) is 11.3 Å². The Hall–Kier alpha value is -0.0751. The molecule has 6 heteroatoms. The Morgan fingerprint density at radius 1 is 1.75 bits per heavy atom. The first-order valence-corrected chi connectivity index (χ1v) is 12.3. The van der Waals surface area contributed by atoms with Gasteiger partial charge < -0.3 is 0 Å². The summed E-state index contributed by atoms with van der Waals surface area (Å²) in [5.74, 6) is -0.628. The average molecular weight is 296 g/mol. The molecule has 0 fully saturated rings. The topological polar surface area (TPSA) is 50.1 Å². The summed E-state index contributed by atoms with van der Waals surface area (Å²) in [6.07, 6.45) is 0.158. The van der Waals surface area contributed by atoms with E-state index in [0.717, 1.165) is 0 Å². The molecule has 0 saturated carbocycles. The third-order valence-corrected chi connectivity index (χ3v) is 7.95. The van der Waals surface area contributed by atoms with Crippen LogP contribution < -0.4 is 18.3 Å². The number of alkyl halides is 2. The van der Waals surface area contributed by atoms with Crippen molar-refractivity contribution in [3.05, 3.63) is 12.2 Å². The Morgan fingerprint density at radius 2 is 2.25 bits per heavy atom. The zero-order chi connectivity index (χ0) is 9.78. The monoisotopic (exact) mass is 296 g/mol. The maximum atomic E-state index is 11.0. The van der Waals surface area contributed by atoms with Gasteiger partial charge in [-0.3, -0.25) is 0 Å². The van der Waals surface area contributed by atoms with Crippen molar-refractivity contribution in [2.24, 2.45) is 0 Å². The summed E-state index contributed by atoms with van der Waals surface area (Å²) in [6, 6.07) is 1.63. The van der Waals surface area contributed by atoms with Crippen LogP contribution in [-0.4, -0.2) is 23.4 Å². The van der Waals surface area contributed by atoms with Crippen LogP contribution in [0.25, 0.3) is 0 Å². The second-order valence-corrected chi connectivity index (χ2v) is 17.4. The van der Waals surface area contributed by atoms with Crippen LogP contribution in [0.1, 0.15) is 0 Å². The Morgan fingerprint density at radius 3 is 2.58 bits per heavy atom. The number of hydrogen-bond acceptors (Lipinski definition) is 3. The van der Waals surface area contributed by atoms with Crippen LogP contribution in [0.3, 0.4) is 0 Å². The van der Waals surface area contributed by atoms with Gasteiger partial charge in [-0.25, -0.2) is 0 Å². The van der Waals surface area contributed by atoms with Gasteiger partial charge in [0.25, 0.3) is 0 Å². The molecule has 12 heavy (non-hydrogen) atoms. The summed E-state index contributed by atoms with van der Waals surface area (Å²) in [4.78, 5) is 14.7. The van der Waals surface area contributed by atoms with Gasteiger partial charge in [-0.2, -0.15) is 0 Å². The molecule has 0 rings (SSSR count). The summed E-state index contributed by atoms with van der Waals surface area (Å²) in [7, 11) is 5.41. The van der Waals surface area contributed by atoms with E-state index in [1.165, 1.54) is 0 Å². The fourth-order valence-corrected chi connectivity index (χ4v) is 2.45. The van der Waals surface area contributed by atoms with E-state index in [1.807, 2.05) is 9.86 Å². The van der Waals surface area contributed by atoms with Crippen molar-refractivity contribution in [3.63, 3.8) is 0 Å². The van der Waals surface area contributed by atoms with Gasteiger partial charge >= 0.3 is 79.1 Å². The molecule has 1 atom stereocenters. The first kappa shape index (κ1) is 11.9. The summed E-state index contributed by atoms with van der Waals surface area (Å²) >= 11 is -2.48. The standard InChI is InChI=1S/C6H9BINO2P/c1-5(4-9)6(10)11-8(2,3)12-7/h12H,1H2,2-3H3/q-1. The van der Waals surface area contributed by atoms with E-state index in [2.05, 4.69) is 6.58 Å². The van der Waals surface area contributed by atoms with Crippen molar-refractivity contribution in [3.8, 4) is 6.07 Å². The van der Waals surface area contributed by atoms with Crippen LogP contribution in [0.4, 0.5) is 0 Å². The number of rotatable bonds is 3. The van der Waals surface area contributed by atoms with Gasteiger partial charge in [0.2, 0.25) is 0 Å². The molecule has 0 spiro atoms. The molecular weight excluding hydrogens is 287 g/mol. The first-order valence-electron chi connectivity index (χ1n) is 2.87. The molecule has 0 aliphatic carbocycles. The Bertz CT molecular complexity index is 248. The molecule has 0 amide bonds. The van der Waals surface area contributed by atoms with E-state index in [-0.39, 0.29) is 11.7 Å². The summed E-state index contributed by atoms with van der Waals surface area (Å²) in [6.45, 7) is 3.25.